The van der Waals surface area contributed by atoms with Crippen molar-refractivity contribution in [2.45, 2.75) is 163 Å². The molecule has 0 aliphatic carbocycles. The number of aliphatic hydroxyl groups is 1. The minimum atomic E-state index is -1.59. The van der Waals surface area contributed by atoms with Gasteiger partial charge in [-0.2, -0.15) is 0 Å². The number of carbonyl (C=O) groups is 7. The zero-order valence-corrected chi connectivity index (χ0v) is 36.4. The van der Waals surface area contributed by atoms with Gasteiger partial charge in [0.15, 0.2) is 12.1 Å². The van der Waals surface area contributed by atoms with Crippen LogP contribution in [0, 0.1) is 41.4 Å². The van der Waals surface area contributed by atoms with Crippen molar-refractivity contribution in [1.29, 1.82) is 0 Å². The molecular formula is C42H69N5O10. The molecule has 2 heterocycles. The fraction of sp³-hybridized carbons (Fsp3) is 0.786. The average molecular weight is 804 g/mol. The predicted molar refractivity (Wildman–Crippen MR) is 214 cm³/mol. The van der Waals surface area contributed by atoms with Gasteiger partial charge in [-0.3, -0.25) is 24.0 Å². The first-order valence-electron chi connectivity index (χ1n) is 20.4. The molecule has 3 N–H and O–H groups in total. The standard InChI is InChI=1S/C42H69N5O10/c1-15-17-18-21-29-42(11,12)41(55)44-30(23(3)4)37(51)46(14)33(25(7)8)40(54)57-34(26(9)16-2)38(52)47-22-19-20-28(47)36(50)45(13)32(24(5)6)35(49)43-31(27(10)48)39(53)56-29/h1,23-34,48H,16-22H2,2-14H3,(H,43,49)(H,44,55)/t26-,27+,28-,29?,30?,31-,32-,33?,34+/m0/s1. The molecule has 2 rings (SSSR count). The lowest BCUT2D eigenvalue weighted by Gasteiger charge is -2.39. The lowest BCUT2D eigenvalue weighted by molar-refractivity contribution is -0.172. The van der Waals surface area contributed by atoms with Crippen LogP contribution in [0.4, 0.5) is 0 Å². The van der Waals surface area contributed by atoms with Crippen molar-refractivity contribution >= 4 is 41.5 Å². The molecule has 0 aromatic carbocycles. The van der Waals surface area contributed by atoms with E-state index in [-0.39, 0.29) is 13.0 Å². The fourth-order valence-corrected chi connectivity index (χ4v) is 7.57. The highest BCUT2D eigenvalue weighted by Crippen LogP contribution is 2.31. The number of nitrogens with one attached hydrogen (secondary N) is 2. The van der Waals surface area contributed by atoms with Gasteiger partial charge in [-0.1, -0.05) is 55.4 Å². The summed E-state index contributed by atoms with van der Waals surface area (Å²) in [6.07, 6.45) is 3.72. The Morgan fingerprint density at radius 2 is 1.39 bits per heavy atom. The highest BCUT2D eigenvalue weighted by atomic mass is 16.6. The molecule has 0 saturated carbocycles. The first-order valence-corrected chi connectivity index (χ1v) is 20.4. The molecule has 3 unspecified atom stereocenters. The van der Waals surface area contributed by atoms with E-state index >= 15 is 0 Å². The van der Waals surface area contributed by atoms with E-state index in [0.717, 1.165) is 0 Å². The molecule has 0 spiro atoms. The van der Waals surface area contributed by atoms with E-state index in [1.54, 1.807) is 62.3 Å². The van der Waals surface area contributed by atoms with Crippen molar-refractivity contribution in [3.05, 3.63) is 0 Å². The van der Waals surface area contributed by atoms with Gasteiger partial charge in [0, 0.05) is 33.0 Å². The van der Waals surface area contributed by atoms with Crippen LogP contribution < -0.4 is 10.6 Å². The molecule has 0 aromatic heterocycles. The first-order chi connectivity index (χ1) is 26.4. The number of cyclic esters (lactones) is 2. The van der Waals surface area contributed by atoms with E-state index in [0.29, 0.717) is 32.1 Å². The summed E-state index contributed by atoms with van der Waals surface area (Å²) in [4.78, 5) is 103. The molecule has 2 fully saturated rings. The Labute approximate surface area is 339 Å². The summed E-state index contributed by atoms with van der Waals surface area (Å²) in [5, 5.41) is 16.2. The fourth-order valence-electron chi connectivity index (χ4n) is 7.57. The molecule has 9 atom stereocenters. The van der Waals surface area contributed by atoms with Crippen LogP contribution >= 0.6 is 0 Å². The highest BCUT2D eigenvalue weighted by molar-refractivity contribution is 5.96. The largest absolute Gasteiger partial charge is 0.460 e. The molecule has 0 radical (unpaired) electrons. The van der Waals surface area contributed by atoms with E-state index in [4.69, 9.17) is 15.9 Å². The number of ether oxygens (including phenoxy) is 2. The van der Waals surface area contributed by atoms with Crippen LogP contribution in [-0.4, -0.2) is 130 Å². The second-order valence-corrected chi connectivity index (χ2v) is 17.4. The zero-order chi connectivity index (χ0) is 43.7. The number of rotatable bonds is 9. The van der Waals surface area contributed by atoms with Gasteiger partial charge in [0.2, 0.25) is 23.6 Å². The van der Waals surface area contributed by atoms with Crippen LogP contribution in [0.1, 0.15) is 115 Å². The van der Waals surface area contributed by atoms with Gasteiger partial charge in [0.25, 0.3) is 5.91 Å². The van der Waals surface area contributed by atoms with E-state index in [1.807, 2.05) is 6.92 Å². The number of esters is 2. The van der Waals surface area contributed by atoms with E-state index < -0.39 is 119 Å². The van der Waals surface area contributed by atoms with Crippen molar-refractivity contribution in [1.82, 2.24) is 25.3 Å². The van der Waals surface area contributed by atoms with Gasteiger partial charge in [-0.05, 0) is 70.6 Å². The van der Waals surface area contributed by atoms with Crippen molar-refractivity contribution in [2.75, 3.05) is 20.6 Å². The van der Waals surface area contributed by atoms with Gasteiger partial charge >= 0.3 is 11.9 Å². The first kappa shape index (κ1) is 49.0. The number of unbranched alkanes of at least 4 members (excludes halogenated alkanes) is 1. The number of aliphatic hydroxyl groups excluding tert-OH is 1. The van der Waals surface area contributed by atoms with Gasteiger partial charge in [-0.25, -0.2) is 9.59 Å². The molecule has 2 aliphatic heterocycles. The summed E-state index contributed by atoms with van der Waals surface area (Å²) in [5.74, 6) is -4.18. The molecular weight excluding hydrogens is 734 g/mol. The molecule has 2 saturated heterocycles. The summed E-state index contributed by atoms with van der Waals surface area (Å²) in [7, 11) is 2.89. The van der Waals surface area contributed by atoms with E-state index in [1.165, 1.54) is 35.7 Å². The third-order valence-electron chi connectivity index (χ3n) is 11.5. The summed E-state index contributed by atoms with van der Waals surface area (Å²) in [6, 6.07) is -5.97. The summed E-state index contributed by atoms with van der Waals surface area (Å²) in [5.41, 5.74) is -1.47. The van der Waals surface area contributed by atoms with Gasteiger partial charge in [-0.15, -0.1) is 12.3 Å². The lowest BCUT2D eigenvalue weighted by Crippen LogP contribution is -2.61. The minimum absolute atomic E-state index is 0.137. The van der Waals surface area contributed by atoms with Crippen LogP contribution in [0.5, 0.6) is 0 Å². The third kappa shape index (κ3) is 11.7. The second-order valence-electron chi connectivity index (χ2n) is 17.4. The summed E-state index contributed by atoms with van der Waals surface area (Å²) in [6.45, 7) is 18.7. The summed E-state index contributed by atoms with van der Waals surface area (Å²) < 4.78 is 12.0. The number of nitrogens with zero attached hydrogens (tertiary/aromatic N) is 3. The SMILES string of the molecule is C#CCCCC1OC(=O)[C@H]([C@@H](C)O)NC(=O)[C@H](C(C)C)N(C)C(=O)[C@@H]2CCCN2C(=O)[C@@H]([C@@H](C)CC)OC(=O)C(C(C)C)N(C)C(=O)C(C(C)C)NC(=O)C1(C)C. The van der Waals surface area contributed by atoms with E-state index in [9.17, 15) is 38.7 Å². The minimum Gasteiger partial charge on any atom is -0.460 e. The molecule has 15 nitrogen and oxygen atoms in total. The number of amides is 5. The molecule has 2 aliphatic rings. The molecule has 5 amide bonds. The molecule has 57 heavy (non-hydrogen) atoms. The number of terminal acetylenes is 1. The number of hydrogen-bond acceptors (Lipinski definition) is 10. The van der Waals surface area contributed by atoms with Crippen molar-refractivity contribution < 1.29 is 48.1 Å². The maximum atomic E-state index is 14.4. The normalized spacial score (nSPS) is 28.9. The molecule has 0 aromatic rings. The molecule has 322 valence electrons. The Morgan fingerprint density at radius 1 is 0.807 bits per heavy atom. The Balaban J connectivity index is 2.83. The van der Waals surface area contributed by atoms with Crippen LogP contribution in [0.25, 0.3) is 0 Å². The quantitative estimate of drug-likeness (QED) is 0.178. The highest BCUT2D eigenvalue weighted by Gasteiger charge is 2.47. The third-order valence-corrected chi connectivity index (χ3v) is 11.5. The Morgan fingerprint density at radius 3 is 1.89 bits per heavy atom. The maximum Gasteiger partial charge on any atom is 0.331 e. The average Bonchev–Trinajstić information content (AvgIpc) is 3.62. The Bertz CT molecular complexity index is 1500. The Kier molecular flexibility index (Phi) is 18.0. The summed E-state index contributed by atoms with van der Waals surface area (Å²) >= 11 is 0. The van der Waals surface area contributed by atoms with Crippen LogP contribution in [0.2, 0.25) is 0 Å². The van der Waals surface area contributed by atoms with E-state index in [2.05, 4.69) is 16.6 Å². The second kappa shape index (κ2) is 21.0. The van der Waals surface area contributed by atoms with Gasteiger partial charge in [0.05, 0.1) is 11.5 Å². The monoisotopic (exact) mass is 804 g/mol. The van der Waals surface area contributed by atoms with Gasteiger partial charge in [0.1, 0.15) is 30.3 Å². The lowest BCUT2D eigenvalue weighted by atomic mass is 9.82. The predicted octanol–water partition coefficient (Wildman–Crippen LogP) is 2.66. The van der Waals surface area contributed by atoms with Crippen molar-refractivity contribution in [2.24, 2.45) is 29.1 Å². The van der Waals surface area contributed by atoms with Crippen LogP contribution in [0.3, 0.4) is 0 Å². The number of likely N-dealkylation sites (N-methyl/N-ethyl adjacent to an activating group) is 2. The van der Waals surface area contributed by atoms with Crippen molar-refractivity contribution in [3.63, 3.8) is 0 Å². The number of fused-ring (bicyclic) bond motifs is 1. The van der Waals surface area contributed by atoms with Gasteiger partial charge < -0.3 is 39.9 Å². The van der Waals surface area contributed by atoms with Crippen molar-refractivity contribution in [3.8, 4) is 12.3 Å². The molecule has 15 heteroatoms. The zero-order valence-electron chi connectivity index (χ0n) is 36.4. The van der Waals surface area contributed by atoms with Crippen LogP contribution in [-0.2, 0) is 43.0 Å². The molecule has 0 bridgehead atoms. The number of hydrogen-bond donors (Lipinski definition) is 3. The Hall–Kier alpha value is -4.19. The smallest absolute Gasteiger partial charge is 0.331 e. The maximum absolute atomic E-state index is 14.4. The van der Waals surface area contributed by atoms with Crippen LogP contribution in [0.15, 0.2) is 0 Å². The topological polar surface area (TPSA) is 192 Å². The number of carbonyl (C=O) groups excluding carboxylic acids is 7.